The second kappa shape index (κ2) is 4.58. The number of benzene rings is 2. The van der Waals surface area contributed by atoms with Crippen LogP contribution in [-0.4, -0.2) is 0 Å². The zero-order valence-corrected chi connectivity index (χ0v) is 9.19. The van der Waals surface area contributed by atoms with Crippen LogP contribution in [0.4, 0.5) is 0 Å². The van der Waals surface area contributed by atoms with Crippen LogP contribution in [0.5, 0.6) is 0 Å². The largest absolute Gasteiger partial charge is 0.142 e. The summed E-state index contributed by atoms with van der Waals surface area (Å²) in [5.74, 6) is 0. The van der Waals surface area contributed by atoms with E-state index in [1.807, 2.05) is 42.5 Å². The Morgan fingerprint density at radius 3 is 2.50 bits per heavy atom. The third-order valence-electron chi connectivity index (χ3n) is 1.77. The van der Waals surface area contributed by atoms with E-state index in [2.05, 4.69) is 24.8 Å². The van der Waals surface area contributed by atoms with Crippen LogP contribution in [0.1, 0.15) is 0 Å². The zero-order valence-electron chi connectivity index (χ0n) is 7.47. The summed E-state index contributed by atoms with van der Waals surface area (Å²) in [6.45, 7) is 0. The highest BCUT2D eigenvalue weighted by atomic mass is 32.2. The van der Waals surface area contributed by atoms with Crippen LogP contribution in [0.25, 0.3) is 0 Å². The fraction of sp³-hybridized carbons (Fsp3) is 0. The molecule has 69 valence electrons. The summed E-state index contributed by atoms with van der Waals surface area (Å²) in [6, 6.07) is 19.2. The van der Waals surface area contributed by atoms with E-state index in [4.69, 9.17) is 0 Å². The molecule has 0 saturated carbocycles. The molecule has 0 aliphatic carbocycles. The molecule has 2 heteroatoms. The standard InChI is InChI=1S/C12H9S2/c13-11-8-4-5-9-12(11)14-10-6-2-1-3-7-10/h1-6,8-9,13H. The average Bonchev–Trinajstić information content (AvgIpc) is 2.23. The molecular formula is C12H9S2. The smallest absolute Gasteiger partial charge is 0.0255 e. The first-order chi connectivity index (χ1) is 6.86. The molecular weight excluding hydrogens is 208 g/mol. The van der Waals surface area contributed by atoms with Crippen molar-refractivity contribution in [2.24, 2.45) is 0 Å². The third-order valence-corrected chi connectivity index (χ3v) is 3.36. The molecule has 0 saturated heterocycles. The molecule has 2 rings (SSSR count). The Kier molecular flexibility index (Phi) is 3.17. The summed E-state index contributed by atoms with van der Waals surface area (Å²) in [7, 11) is 0. The summed E-state index contributed by atoms with van der Waals surface area (Å²) in [5.41, 5.74) is 0. The minimum atomic E-state index is 1.01. The predicted octanol–water partition coefficient (Wildman–Crippen LogP) is 3.93. The van der Waals surface area contributed by atoms with Crippen LogP contribution in [0.15, 0.2) is 63.2 Å². The molecule has 14 heavy (non-hydrogen) atoms. The van der Waals surface area contributed by atoms with Crippen molar-refractivity contribution in [3.63, 3.8) is 0 Å². The molecule has 2 aromatic carbocycles. The summed E-state index contributed by atoms with van der Waals surface area (Å²) in [5, 5.41) is 0. The van der Waals surface area contributed by atoms with Crippen molar-refractivity contribution >= 4 is 24.4 Å². The van der Waals surface area contributed by atoms with E-state index >= 15 is 0 Å². The van der Waals surface area contributed by atoms with Crippen LogP contribution in [0.2, 0.25) is 0 Å². The molecule has 0 spiro atoms. The van der Waals surface area contributed by atoms with Crippen molar-refractivity contribution in [3.8, 4) is 0 Å². The van der Waals surface area contributed by atoms with Crippen molar-refractivity contribution in [1.29, 1.82) is 0 Å². The molecule has 0 aliphatic rings. The van der Waals surface area contributed by atoms with E-state index in [1.54, 1.807) is 11.8 Å². The van der Waals surface area contributed by atoms with Gasteiger partial charge in [-0.2, -0.15) is 0 Å². The highest BCUT2D eigenvalue weighted by Gasteiger charge is 1.99. The predicted molar refractivity (Wildman–Crippen MR) is 63.1 cm³/mol. The van der Waals surface area contributed by atoms with Crippen LogP contribution < -0.4 is 0 Å². The Balaban J connectivity index is 2.24. The van der Waals surface area contributed by atoms with E-state index < -0.39 is 0 Å². The molecule has 0 aromatic heterocycles. The van der Waals surface area contributed by atoms with Crippen LogP contribution in [0.3, 0.4) is 0 Å². The number of hydrogen-bond acceptors (Lipinski definition) is 2. The molecule has 0 aliphatic heterocycles. The average molecular weight is 217 g/mol. The third kappa shape index (κ3) is 2.34. The Labute approximate surface area is 93.8 Å². The van der Waals surface area contributed by atoms with Gasteiger partial charge in [-0.1, -0.05) is 42.1 Å². The number of rotatable bonds is 2. The van der Waals surface area contributed by atoms with Gasteiger partial charge in [0.15, 0.2) is 0 Å². The van der Waals surface area contributed by atoms with Crippen LogP contribution in [0, 0.1) is 6.07 Å². The Morgan fingerprint density at radius 2 is 1.79 bits per heavy atom. The molecule has 0 atom stereocenters. The van der Waals surface area contributed by atoms with Crippen molar-refractivity contribution in [3.05, 3.63) is 54.6 Å². The van der Waals surface area contributed by atoms with Crippen molar-refractivity contribution < 1.29 is 0 Å². The second-order valence-electron chi connectivity index (χ2n) is 2.80. The number of thiol groups is 1. The van der Waals surface area contributed by atoms with Gasteiger partial charge < -0.3 is 0 Å². The van der Waals surface area contributed by atoms with Gasteiger partial charge in [0.1, 0.15) is 0 Å². The van der Waals surface area contributed by atoms with Gasteiger partial charge in [0, 0.05) is 14.7 Å². The van der Waals surface area contributed by atoms with Crippen LogP contribution in [-0.2, 0) is 0 Å². The Morgan fingerprint density at radius 1 is 1.00 bits per heavy atom. The summed E-state index contributed by atoms with van der Waals surface area (Å²) >= 11 is 6.08. The number of hydrogen-bond donors (Lipinski definition) is 1. The van der Waals surface area contributed by atoms with Crippen molar-refractivity contribution in [2.75, 3.05) is 0 Å². The lowest BCUT2D eigenvalue weighted by Gasteiger charge is -2.03. The van der Waals surface area contributed by atoms with E-state index in [9.17, 15) is 0 Å². The molecule has 0 amide bonds. The fourth-order valence-corrected chi connectivity index (χ4v) is 2.23. The topological polar surface area (TPSA) is 0 Å². The maximum absolute atomic E-state index is 4.39. The van der Waals surface area contributed by atoms with E-state index in [-0.39, 0.29) is 0 Å². The van der Waals surface area contributed by atoms with Crippen LogP contribution >= 0.6 is 24.4 Å². The minimum Gasteiger partial charge on any atom is -0.142 e. The summed E-state index contributed by atoms with van der Waals surface area (Å²) in [6.07, 6.45) is 0. The molecule has 2 aromatic rings. The van der Waals surface area contributed by atoms with Crippen molar-refractivity contribution in [2.45, 2.75) is 14.7 Å². The highest BCUT2D eigenvalue weighted by molar-refractivity contribution is 7.99. The molecule has 0 unspecified atom stereocenters. The SMILES string of the molecule is Sc1ccccc1Sc1[c]cccc1. The fourth-order valence-electron chi connectivity index (χ4n) is 1.10. The van der Waals surface area contributed by atoms with Gasteiger partial charge in [0.25, 0.3) is 0 Å². The maximum atomic E-state index is 4.39. The minimum absolute atomic E-state index is 1.01. The zero-order chi connectivity index (χ0) is 9.80. The van der Waals surface area contributed by atoms with Crippen molar-refractivity contribution in [1.82, 2.24) is 0 Å². The lowest BCUT2D eigenvalue weighted by molar-refractivity contribution is 1.25. The monoisotopic (exact) mass is 217 g/mol. The molecule has 0 nitrogen and oxygen atoms in total. The van der Waals surface area contributed by atoms with E-state index in [0.717, 1.165) is 9.79 Å². The van der Waals surface area contributed by atoms with Gasteiger partial charge in [-0.05, 0) is 24.3 Å². The lowest BCUT2D eigenvalue weighted by atomic mass is 10.4. The molecule has 0 N–H and O–H groups in total. The van der Waals surface area contributed by atoms with Gasteiger partial charge >= 0.3 is 0 Å². The quantitative estimate of drug-likeness (QED) is 0.744. The molecule has 0 fully saturated rings. The molecule has 0 heterocycles. The van der Waals surface area contributed by atoms with Gasteiger partial charge in [0.05, 0.1) is 0 Å². The summed E-state index contributed by atoms with van der Waals surface area (Å²) in [4.78, 5) is 3.29. The Hall–Kier alpha value is -0.860. The van der Waals surface area contributed by atoms with Gasteiger partial charge in [-0.15, -0.1) is 12.6 Å². The Bertz CT molecular complexity index is 410. The first kappa shape index (κ1) is 9.69. The lowest BCUT2D eigenvalue weighted by Crippen LogP contribution is -1.75. The van der Waals surface area contributed by atoms with E-state index in [1.165, 1.54) is 4.90 Å². The maximum Gasteiger partial charge on any atom is 0.0255 e. The normalized spacial score (nSPS) is 10.1. The summed E-state index contributed by atoms with van der Waals surface area (Å²) < 4.78 is 0. The molecule has 0 bridgehead atoms. The van der Waals surface area contributed by atoms with E-state index in [0.29, 0.717) is 0 Å². The first-order valence-corrected chi connectivity index (χ1v) is 5.55. The first-order valence-electron chi connectivity index (χ1n) is 4.29. The highest BCUT2D eigenvalue weighted by Crippen LogP contribution is 2.31. The molecule has 1 radical (unpaired) electrons. The van der Waals surface area contributed by atoms with Gasteiger partial charge in [-0.3, -0.25) is 0 Å². The van der Waals surface area contributed by atoms with Gasteiger partial charge in [0.2, 0.25) is 0 Å². The second-order valence-corrected chi connectivity index (χ2v) is 4.36. The van der Waals surface area contributed by atoms with Gasteiger partial charge in [-0.25, -0.2) is 0 Å².